The lowest BCUT2D eigenvalue weighted by Crippen LogP contribution is -2.56. The van der Waals surface area contributed by atoms with Gasteiger partial charge in [0.2, 0.25) is 5.91 Å². The number of fused-ring (bicyclic) bond motifs is 2. The van der Waals surface area contributed by atoms with Gasteiger partial charge in [0.25, 0.3) is 5.91 Å². The lowest BCUT2D eigenvalue weighted by atomic mass is 9.91. The van der Waals surface area contributed by atoms with Crippen LogP contribution in [0.3, 0.4) is 0 Å². The van der Waals surface area contributed by atoms with Gasteiger partial charge >= 0.3 is 6.03 Å². The number of hydrazine groups is 1. The Labute approximate surface area is 196 Å². The smallest absolute Gasteiger partial charge is 0.342 e. The molecule has 2 aromatic carbocycles. The fraction of sp³-hybridized carbons (Fsp3) is 0.360. The van der Waals surface area contributed by atoms with Gasteiger partial charge in [-0.2, -0.15) is 0 Å². The Morgan fingerprint density at radius 1 is 1.00 bits per heavy atom. The Hall–Kier alpha value is -3.72. The Balaban J connectivity index is 1.10. The topological polar surface area (TPSA) is 99.0 Å². The summed E-state index contributed by atoms with van der Waals surface area (Å²) in [5.41, 5.74) is 4.59. The molecule has 0 radical (unpaired) electrons. The van der Waals surface area contributed by atoms with Crippen molar-refractivity contribution >= 4 is 28.8 Å². The van der Waals surface area contributed by atoms with Gasteiger partial charge in [-0.3, -0.25) is 19.8 Å². The van der Waals surface area contributed by atoms with Gasteiger partial charge in [-0.1, -0.05) is 29.4 Å². The van der Waals surface area contributed by atoms with Crippen LogP contribution < -0.4 is 5.32 Å². The van der Waals surface area contributed by atoms with Crippen molar-refractivity contribution in [2.24, 2.45) is 0 Å². The molecule has 3 aromatic rings. The highest BCUT2D eigenvalue weighted by Gasteiger charge is 2.37. The first-order chi connectivity index (χ1) is 16.6. The number of carbonyl (C=O) groups excluding carboxylic acids is 3. The third-order valence-corrected chi connectivity index (χ3v) is 7.06. The summed E-state index contributed by atoms with van der Waals surface area (Å²) in [4.78, 5) is 38.9. The minimum atomic E-state index is -0.541. The van der Waals surface area contributed by atoms with E-state index >= 15 is 0 Å². The van der Waals surface area contributed by atoms with Crippen LogP contribution in [0.4, 0.5) is 4.79 Å². The number of aromatic nitrogens is 1. The molecule has 0 atom stereocenters. The maximum atomic E-state index is 12.9. The van der Waals surface area contributed by atoms with E-state index < -0.39 is 6.03 Å². The van der Waals surface area contributed by atoms with Gasteiger partial charge in [0, 0.05) is 29.8 Å². The molecule has 174 valence electrons. The molecule has 0 aliphatic carbocycles. The number of hydrogen-bond acceptors (Lipinski definition) is 6. The lowest BCUT2D eigenvalue weighted by molar-refractivity contribution is -0.123. The normalized spacial score (nSPS) is 19.7. The van der Waals surface area contributed by atoms with E-state index in [1.54, 1.807) is 0 Å². The second kappa shape index (κ2) is 8.25. The second-order valence-corrected chi connectivity index (χ2v) is 9.20. The first-order valence-corrected chi connectivity index (χ1v) is 11.7. The van der Waals surface area contributed by atoms with Crippen LogP contribution in [0.15, 0.2) is 47.0 Å². The molecule has 4 amide bonds. The molecular weight excluding hydrogens is 434 g/mol. The van der Waals surface area contributed by atoms with Crippen LogP contribution in [0, 0.1) is 0 Å². The summed E-state index contributed by atoms with van der Waals surface area (Å²) < 4.78 is 5.50. The number of imide groups is 1. The summed E-state index contributed by atoms with van der Waals surface area (Å²) in [6, 6.07) is 13.4. The molecule has 4 heterocycles. The van der Waals surface area contributed by atoms with E-state index in [1.165, 1.54) is 10.0 Å². The van der Waals surface area contributed by atoms with Gasteiger partial charge in [0.15, 0.2) is 5.58 Å². The fourth-order valence-electron chi connectivity index (χ4n) is 5.26. The Bertz CT molecular complexity index is 1290. The zero-order valence-electron chi connectivity index (χ0n) is 18.7. The second-order valence-electron chi connectivity index (χ2n) is 9.20. The first-order valence-electron chi connectivity index (χ1n) is 11.7. The summed E-state index contributed by atoms with van der Waals surface area (Å²) in [5, 5.41) is 10.5. The maximum Gasteiger partial charge on any atom is 0.342 e. The van der Waals surface area contributed by atoms with Crippen molar-refractivity contribution in [3.05, 3.63) is 64.8 Å². The van der Waals surface area contributed by atoms with Crippen molar-refractivity contribution in [3.8, 4) is 0 Å². The fourth-order valence-corrected chi connectivity index (χ4v) is 5.26. The number of benzene rings is 2. The van der Waals surface area contributed by atoms with Crippen molar-refractivity contribution in [1.82, 2.24) is 25.4 Å². The molecular formula is C25H25N5O4. The van der Waals surface area contributed by atoms with Crippen molar-refractivity contribution in [2.45, 2.75) is 38.3 Å². The molecule has 0 saturated carbocycles. The van der Waals surface area contributed by atoms with E-state index in [0.717, 1.165) is 60.3 Å². The van der Waals surface area contributed by atoms with E-state index in [0.29, 0.717) is 18.0 Å². The Morgan fingerprint density at radius 2 is 1.82 bits per heavy atom. The molecule has 1 N–H and O–H groups in total. The Kier molecular flexibility index (Phi) is 5.06. The zero-order valence-corrected chi connectivity index (χ0v) is 18.7. The average Bonchev–Trinajstić information content (AvgIpc) is 3.41. The van der Waals surface area contributed by atoms with Crippen molar-refractivity contribution in [1.29, 1.82) is 0 Å². The van der Waals surface area contributed by atoms with Crippen LogP contribution in [-0.4, -0.2) is 57.6 Å². The average molecular weight is 460 g/mol. The molecule has 2 fully saturated rings. The third-order valence-electron chi connectivity index (χ3n) is 7.06. The zero-order chi connectivity index (χ0) is 23.2. The minimum absolute atomic E-state index is 0.192. The van der Waals surface area contributed by atoms with Crippen molar-refractivity contribution in [3.63, 3.8) is 0 Å². The van der Waals surface area contributed by atoms with Crippen LogP contribution in [0.25, 0.3) is 11.0 Å². The van der Waals surface area contributed by atoms with Crippen molar-refractivity contribution in [2.75, 3.05) is 19.6 Å². The number of piperidine rings is 1. The highest BCUT2D eigenvalue weighted by molar-refractivity contribution is 6.01. The molecule has 9 nitrogen and oxygen atoms in total. The predicted molar refractivity (Wildman–Crippen MR) is 122 cm³/mol. The maximum absolute atomic E-state index is 12.9. The number of para-hydroxylation sites is 1. The summed E-state index contributed by atoms with van der Waals surface area (Å²) in [7, 11) is 0. The number of likely N-dealkylation sites (tertiary alicyclic amines) is 1. The van der Waals surface area contributed by atoms with Crippen LogP contribution in [0.5, 0.6) is 0 Å². The monoisotopic (exact) mass is 459 g/mol. The number of urea groups is 1. The van der Waals surface area contributed by atoms with Gasteiger partial charge < -0.3 is 4.52 Å². The van der Waals surface area contributed by atoms with Gasteiger partial charge in [-0.05, 0) is 55.3 Å². The minimum Gasteiger partial charge on any atom is -0.356 e. The molecule has 6 rings (SSSR count). The summed E-state index contributed by atoms with van der Waals surface area (Å²) >= 11 is 0. The predicted octanol–water partition coefficient (Wildman–Crippen LogP) is 3.02. The molecule has 9 heteroatoms. The van der Waals surface area contributed by atoms with E-state index in [4.69, 9.17) is 4.52 Å². The standard InChI is InChI=1S/C25H25N5O4/c31-22-9-12-29(25(33)26-22)30-15-18-13-16(5-6-19(18)24(30)32)14-28-10-7-17(8-11-28)23-20-3-1-2-4-21(20)34-27-23/h1-6,13,17H,7-12,14-15H2,(H,26,31,33). The SMILES string of the molecule is O=C1CCN(N2Cc3cc(CN4CCC(c5noc6ccccc56)CC4)ccc3C2=O)C(=O)N1. The summed E-state index contributed by atoms with van der Waals surface area (Å²) in [6.45, 7) is 3.30. The number of nitrogens with one attached hydrogen (secondary N) is 1. The van der Waals surface area contributed by atoms with Crippen LogP contribution in [-0.2, 0) is 17.9 Å². The largest absolute Gasteiger partial charge is 0.356 e. The number of amides is 4. The number of hydrogen-bond donors (Lipinski definition) is 1. The van der Waals surface area contributed by atoms with E-state index in [-0.39, 0.29) is 24.8 Å². The van der Waals surface area contributed by atoms with Crippen LogP contribution in [0.1, 0.15) is 52.4 Å². The molecule has 3 aliphatic heterocycles. The molecule has 0 unspecified atom stereocenters. The molecule has 3 aliphatic rings. The number of nitrogens with zero attached hydrogens (tertiary/aromatic N) is 4. The van der Waals surface area contributed by atoms with Crippen LogP contribution >= 0.6 is 0 Å². The van der Waals surface area contributed by atoms with Gasteiger partial charge in [-0.25, -0.2) is 14.8 Å². The van der Waals surface area contributed by atoms with Gasteiger partial charge in [-0.15, -0.1) is 0 Å². The van der Waals surface area contributed by atoms with E-state index in [1.807, 2.05) is 30.3 Å². The summed E-state index contributed by atoms with van der Waals surface area (Å²) in [5.74, 6) is -0.117. The van der Waals surface area contributed by atoms with Gasteiger partial charge in [0.1, 0.15) is 0 Å². The molecule has 0 spiro atoms. The molecule has 0 bridgehead atoms. The molecule has 2 saturated heterocycles. The van der Waals surface area contributed by atoms with E-state index in [9.17, 15) is 14.4 Å². The lowest BCUT2D eigenvalue weighted by Gasteiger charge is -2.33. The van der Waals surface area contributed by atoms with Gasteiger partial charge in [0.05, 0.1) is 18.8 Å². The number of carbonyl (C=O) groups is 3. The molecule has 1 aromatic heterocycles. The highest BCUT2D eigenvalue weighted by Crippen LogP contribution is 2.33. The van der Waals surface area contributed by atoms with E-state index in [2.05, 4.69) is 27.5 Å². The summed E-state index contributed by atoms with van der Waals surface area (Å²) in [6.07, 6.45) is 2.24. The third kappa shape index (κ3) is 3.62. The quantitative estimate of drug-likeness (QED) is 0.644. The molecule has 34 heavy (non-hydrogen) atoms. The highest BCUT2D eigenvalue weighted by atomic mass is 16.5. The van der Waals surface area contributed by atoms with Crippen molar-refractivity contribution < 1.29 is 18.9 Å². The number of rotatable bonds is 4. The van der Waals surface area contributed by atoms with Crippen LogP contribution in [0.2, 0.25) is 0 Å². The first kappa shape index (κ1) is 20.9. The Morgan fingerprint density at radius 3 is 2.65 bits per heavy atom.